The lowest BCUT2D eigenvalue weighted by Gasteiger charge is -2.12. The third kappa shape index (κ3) is 5.84. The van der Waals surface area contributed by atoms with Gasteiger partial charge in [-0.05, 0) is 70.6 Å². The van der Waals surface area contributed by atoms with Gasteiger partial charge < -0.3 is 8.98 Å². The van der Waals surface area contributed by atoms with E-state index in [9.17, 15) is 0 Å². The molecule has 0 amide bonds. The molecule has 11 aromatic rings. The van der Waals surface area contributed by atoms with Crippen molar-refractivity contribution >= 4 is 43.7 Å². The highest BCUT2D eigenvalue weighted by Gasteiger charge is 2.19. The average Bonchev–Trinajstić information content (AvgIpc) is 3.82. The second-order valence-electron chi connectivity index (χ2n) is 14.8. The van der Waals surface area contributed by atoms with E-state index in [0.29, 0.717) is 17.5 Å². The van der Waals surface area contributed by atoms with E-state index in [1.54, 1.807) is 0 Å². The molecule has 5 heteroatoms. The second-order valence-corrected chi connectivity index (χ2v) is 14.8. The number of benzene rings is 8. The summed E-state index contributed by atoms with van der Waals surface area (Å²) in [5.74, 6) is 1.88. The Balaban J connectivity index is 1.13. The number of fused-ring (bicyclic) bond motifs is 6. The van der Waals surface area contributed by atoms with E-state index in [-0.39, 0.29) is 0 Å². The minimum absolute atomic E-state index is 0.611. The van der Waals surface area contributed by atoms with E-state index in [2.05, 4.69) is 139 Å². The summed E-state index contributed by atoms with van der Waals surface area (Å²) < 4.78 is 8.96. The topological polar surface area (TPSA) is 56.7 Å². The van der Waals surface area contributed by atoms with Gasteiger partial charge in [0.25, 0.3) is 0 Å². The van der Waals surface area contributed by atoms with Gasteiger partial charge in [0.1, 0.15) is 11.2 Å². The summed E-state index contributed by atoms with van der Waals surface area (Å²) in [4.78, 5) is 15.1. The van der Waals surface area contributed by atoms with Crippen LogP contribution < -0.4 is 0 Å². The summed E-state index contributed by atoms with van der Waals surface area (Å²) in [5.41, 5.74) is 13.7. The van der Waals surface area contributed by atoms with Crippen molar-refractivity contribution in [2.75, 3.05) is 0 Å². The molecule has 11 rings (SSSR count). The summed E-state index contributed by atoms with van der Waals surface area (Å²) >= 11 is 0. The molecule has 8 aromatic carbocycles. The van der Waals surface area contributed by atoms with Crippen LogP contribution in [0.1, 0.15) is 12.5 Å². The Labute approximate surface area is 335 Å². The van der Waals surface area contributed by atoms with Crippen molar-refractivity contribution in [3.8, 4) is 62.1 Å². The molecule has 0 saturated heterocycles. The first kappa shape index (κ1) is 33.7. The molecule has 274 valence electrons. The monoisotopic (exact) mass is 744 g/mol. The van der Waals surface area contributed by atoms with Crippen molar-refractivity contribution in [3.63, 3.8) is 0 Å². The van der Waals surface area contributed by atoms with Crippen molar-refractivity contribution in [1.29, 1.82) is 0 Å². The molecule has 0 unspecified atom stereocenters. The van der Waals surface area contributed by atoms with Crippen LogP contribution in [0, 0.1) is 0 Å². The Morgan fingerprint density at radius 2 is 0.914 bits per heavy atom. The summed E-state index contributed by atoms with van der Waals surface area (Å²) in [6, 6.07) is 66.1. The number of hydrogen-bond donors (Lipinski definition) is 0. The molecule has 0 fully saturated rings. The molecule has 0 radical (unpaired) electrons. The van der Waals surface area contributed by atoms with Gasteiger partial charge in [0.05, 0.1) is 11.0 Å². The lowest BCUT2D eigenvalue weighted by molar-refractivity contribution is 0.668. The van der Waals surface area contributed by atoms with E-state index in [1.807, 2.05) is 60.7 Å². The first-order valence-corrected chi connectivity index (χ1v) is 19.7. The Morgan fingerprint density at radius 3 is 1.60 bits per heavy atom. The predicted octanol–water partition coefficient (Wildman–Crippen LogP) is 13.8. The number of nitrogens with zero attached hydrogens (tertiary/aromatic N) is 4. The third-order valence-corrected chi connectivity index (χ3v) is 11.2. The van der Waals surface area contributed by atoms with Gasteiger partial charge in [-0.25, -0.2) is 15.0 Å². The Bertz CT molecular complexity index is 3250. The summed E-state index contributed by atoms with van der Waals surface area (Å²) in [6.07, 6.45) is 0.957. The zero-order chi connectivity index (χ0) is 38.6. The second kappa shape index (κ2) is 13.8. The molecule has 3 heterocycles. The van der Waals surface area contributed by atoms with Crippen LogP contribution in [0.25, 0.3) is 106 Å². The molecular weight excluding hydrogens is 709 g/mol. The minimum Gasteiger partial charge on any atom is -0.456 e. The van der Waals surface area contributed by atoms with Gasteiger partial charge in [0, 0.05) is 50.0 Å². The van der Waals surface area contributed by atoms with E-state index in [4.69, 9.17) is 19.4 Å². The van der Waals surface area contributed by atoms with Gasteiger partial charge in [-0.2, -0.15) is 0 Å². The van der Waals surface area contributed by atoms with Crippen molar-refractivity contribution in [1.82, 2.24) is 19.5 Å². The highest BCUT2D eigenvalue weighted by Crippen LogP contribution is 2.41. The molecule has 0 aliphatic rings. The largest absolute Gasteiger partial charge is 0.456 e. The van der Waals surface area contributed by atoms with Crippen molar-refractivity contribution in [2.45, 2.75) is 13.3 Å². The van der Waals surface area contributed by atoms with Crippen LogP contribution in [-0.2, 0) is 6.42 Å². The molecule has 0 atom stereocenters. The molecule has 0 aliphatic heterocycles. The van der Waals surface area contributed by atoms with Crippen LogP contribution in [0.2, 0.25) is 0 Å². The molecule has 0 N–H and O–H groups in total. The quantitative estimate of drug-likeness (QED) is 0.163. The molecule has 3 aromatic heterocycles. The number of furan rings is 1. The molecule has 0 bridgehead atoms. The lowest BCUT2D eigenvalue weighted by Crippen LogP contribution is -2.01. The lowest BCUT2D eigenvalue weighted by atomic mass is 9.98. The first-order valence-electron chi connectivity index (χ1n) is 19.7. The standard InChI is InChI=1S/C53H36N4O/c1-2-34-24-26-44-46-32-45-43-27-25-40(39-21-12-20-38(29-39)35-14-6-3-7-15-35)31-47(43)57(48(45)33-50(46)58-49(44)28-34)42-23-13-22-41(30-42)53-55-51(36-16-8-4-9-17-36)54-52(56-53)37-18-10-5-11-19-37/h3-33H,2H2,1H3. The van der Waals surface area contributed by atoms with Gasteiger partial charge in [0.15, 0.2) is 17.5 Å². The number of aryl methyl sites for hydroxylation is 1. The van der Waals surface area contributed by atoms with Gasteiger partial charge >= 0.3 is 0 Å². The van der Waals surface area contributed by atoms with Crippen molar-refractivity contribution < 1.29 is 4.42 Å². The Morgan fingerprint density at radius 1 is 0.379 bits per heavy atom. The van der Waals surface area contributed by atoms with Gasteiger partial charge in [-0.3, -0.25) is 0 Å². The number of aromatic nitrogens is 4. The maximum Gasteiger partial charge on any atom is 0.164 e. The summed E-state index contributed by atoms with van der Waals surface area (Å²) in [5, 5.41) is 4.58. The fourth-order valence-corrected chi connectivity index (χ4v) is 8.24. The Hall–Kier alpha value is -7.63. The van der Waals surface area contributed by atoms with Gasteiger partial charge in [0.2, 0.25) is 0 Å². The van der Waals surface area contributed by atoms with E-state index >= 15 is 0 Å². The molecule has 0 aliphatic carbocycles. The fourth-order valence-electron chi connectivity index (χ4n) is 8.24. The fraction of sp³-hybridized carbons (Fsp3) is 0.0377. The molecule has 0 saturated carbocycles. The van der Waals surface area contributed by atoms with E-state index in [1.165, 1.54) is 22.1 Å². The first-order chi connectivity index (χ1) is 28.7. The van der Waals surface area contributed by atoms with Crippen LogP contribution in [0.4, 0.5) is 0 Å². The maximum atomic E-state index is 6.60. The molecule has 5 nitrogen and oxygen atoms in total. The Kier molecular flexibility index (Phi) is 8.04. The highest BCUT2D eigenvalue weighted by molar-refractivity contribution is 6.17. The molecule has 0 spiro atoms. The van der Waals surface area contributed by atoms with E-state index < -0.39 is 0 Å². The molecular formula is C53H36N4O. The van der Waals surface area contributed by atoms with Gasteiger partial charge in [-0.15, -0.1) is 0 Å². The normalized spacial score (nSPS) is 11.6. The van der Waals surface area contributed by atoms with Crippen LogP contribution in [-0.4, -0.2) is 19.5 Å². The highest BCUT2D eigenvalue weighted by atomic mass is 16.3. The summed E-state index contributed by atoms with van der Waals surface area (Å²) in [7, 11) is 0. The van der Waals surface area contributed by atoms with E-state index in [0.717, 1.165) is 78.3 Å². The SMILES string of the molecule is CCc1ccc2c(c1)oc1cc3c(cc12)c1ccc(-c2cccc(-c4ccccc4)c2)cc1n3-c1cccc(-c2nc(-c3ccccc3)nc(-c3ccccc3)n2)c1. The van der Waals surface area contributed by atoms with Gasteiger partial charge in [-0.1, -0.05) is 153 Å². The van der Waals surface area contributed by atoms with Crippen LogP contribution >= 0.6 is 0 Å². The van der Waals surface area contributed by atoms with Crippen LogP contribution in [0.3, 0.4) is 0 Å². The smallest absolute Gasteiger partial charge is 0.164 e. The number of rotatable bonds is 7. The van der Waals surface area contributed by atoms with Crippen molar-refractivity contribution in [2.24, 2.45) is 0 Å². The van der Waals surface area contributed by atoms with Crippen LogP contribution in [0.15, 0.2) is 192 Å². The molecule has 58 heavy (non-hydrogen) atoms. The van der Waals surface area contributed by atoms with Crippen molar-refractivity contribution in [3.05, 3.63) is 194 Å². The average molecular weight is 745 g/mol. The maximum absolute atomic E-state index is 6.60. The van der Waals surface area contributed by atoms with Crippen LogP contribution in [0.5, 0.6) is 0 Å². The summed E-state index contributed by atoms with van der Waals surface area (Å²) in [6.45, 7) is 2.18. The number of hydrogen-bond acceptors (Lipinski definition) is 4. The zero-order valence-electron chi connectivity index (χ0n) is 31.8. The third-order valence-electron chi connectivity index (χ3n) is 11.2. The zero-order valence-corrected chi connectivity index (χ0v) is 31.8. The predicted molar refractivity (Wildman–Crippen MR) is 238 cm³/mol. The minimum atomic E-state index is 0.611.